The third-order valence-electron chi connectivity index (χ3n) is 2.24. The Balaban J connectivity index is 3.14. The molecule has 0 atom stereocenters. The smallest absolute Gasteiger partial charge is 0.416 e. The highest BCUT2D eigenvalue weighted by Crippen LogP contribution is 2.31. The lowest BCUT2D eigenvalue weighted by Crippen LogP contribution is -2.23. The van der Waals surface area contributed by atoms with Crippen LogP contribution >= 0.6 is 0 Å². The van der Waals surface area contributed by atoms with E-state index in [0.717, 1.165) is 12.3 Å². The van der Waals surface area contributed by atoms with Gasteiger partial charge >= 0.3 is 12.1 Å². The van der Waals surface area contributed by atoms with Crippen molar-refractivity contribution in [3.05, 3.63) is 29.3 Å². The molecule has 116 valence electrons. The Kier molecular flexibility index (Phi) is 4.62. The first-order chi connectivity index (χ1) is 9.40. The Morgan fingerprint density at radius 1 is 1.29 bits per heavy atom. The molecule has 1 aromatic rings. The fourth-order valence-electron chi connectivity index (χ4n) is 1.43. The summed E-state index contributed by atoms with van der Waals surface area (Å²) in [6.45, 7) is 0. The molecule has 1 rings (SSSR count). The quantitative estimate of drug-likeness (QED) is 0.871. The van der Waals surface area contributed by atoms with Gasteiger partial charge in [0.2, 0.25) is 5.91 Å². The third kappa shape index (κ3) is 5.06. The number of amides is 1. The van der Waals surface area contributed by atoms with Crippen molar-refractivity contribution in [1.82, 2.24) is 0 Å². The zero-order valence-corrected chi connectivity index (χ0v) is 11.4. The lowest BCUT2D eigenvalue weighted by Gasteiger charge is -2.12. The van der Waals surface area contributed by atoms with E-state index in [9.17, 15) is 31.2 Å². The maximum atomic E-state index is 12.5. The van der Waals surface area contributed by atoms with Crippen LogP contribution in [0.5, 0.6) is 0 Å². The summed E-state index contributed by atoms with van der Waals surface area (Å²) in [5, 5.41) is 10.8. The van der Waals surface area contributed by atoms with Crippen molar-refractivity contribution in [2.75, 3.05) is 17.3 Å². The van der Waals surface area contributed by atoms with Crippen LogP contribution in [0.3, 0.4) is 0 Å². The zero-order valence-electron chi connectivity index (χ0n) is 10.6. The van der Waals surface area contributed by atoms with Crippen LogP contribution in [-0.2, 0) is 20.8 Å². The second kappa shape index (κ2) is 5.72. The maximum Gasteiger partial charge on any atom is 0.416 e. The minimum atomic E-state index is -4.74. The Morgan fingerprint density at radius 2 is 1.86 bits per heavy atom. The van der Waals surface area contributed by atoms with E-state index in [2.05, 4.69) is 0 Å². The number of carboxylic acid groups (broad SMARTS) is 1. The fraction of sp³-hybridized carbons (Fsp3) is 0.273. The van der Waals surface area contributed by atoms with E-state index in [1.165, 1.54) is 0 Å². The maximum absolute atomic E-state index is 12.5. The first-order valence-electron chi connectivity index (χ1n) is 5.32. The van der Waals surface area contributed by atoms with Gasteiger partial charge < -0.3 is 10.4 Å². The topological polar surface area (TPSA) is 101 Å². The van der Waals surface area contributed by atoms with E-state index in [1.54, 1.807) is 0 Å². The van der Waals surface area contributed by atoms with Crippen LogP contribution in [0.1, 0.15) is 15.9 Å². The molecule has 2 N–H and O–H groups in total. The molecule has 0 saturated carbocycles. The molecule has 0 aliphatic carbocycles. The summed E-state index contributed by atoms with van der Waals surface area (Å²) in [4.78, 5) is 22.3. The predicted molar refractivity (Wildman–Crippen MR) is 66.7 cm³/mol. The number of anilines is 1. The van der Waals surface area contributed by atoms with Gasteiger partial charge in [-0.15, -0.1) is 0 Å². The minimum absolute atomic E-state index is 0.360. The molecule has 0 spiro atoms. The molecule has 1 aromatic carbocycles. The zero-order chi connectivity index (χ0) is 16.4. The monoisotopic (exact) mass is 325 g/mol. The van der Waals surface area contributed by atoms with Crippen LogP contribution in [-0.4, -0.2) is 37.4 Å². The van der Waals surface area contributed by atoms with Gasteiger partial charge in [-0.2, -0.15) is 13.2 Å². The lowest BCUT2D eigenvalue weighted by molar-refractivity contribution is -0.137. The van der Waals surface area contributed by atoms with Crippen molar-refractivity contribution < 1.29 is 36.3 Å². The molecular weight excluding hydrogens is 315 g/mol. The van der Waals surface area contributed by atoms with Crippen LogP contribution in [0, 0.1) is 0 Å². The van der Waals surface area contributed by atoms with Gasteiger partial charge in [0.1, 0.15) is 5.75 Å². The van der Waals surface area contributed by atoms with E-state index in [4.69, 9.17) is 5.11 Å². The largest absolute Gasteiger partial charge is 0.478 e. The Bertz CT molecular complexity index is 682. The molecule has 0 heterocycles. The van der Waals surface area contributed by atoms with Crippen LogP contribution in [0.25, 0.3) is 0 Å². The summed E-state index contributed by atoms with van der Waals surface area (Å²) in [6, 6.07) is 1.70. The first kappa shape index (κ1) is 17.0. The highest BCUT2D eigenvalue weighted by Gasteiger charge is 2.32. The summed E-state index contributed by atoms with van der Waals surface area (Å²) in [5.74, 6) is -3.64. The van der Waals surface area contributed by atoms with Gasteiger partial charge in [0, 0.05) is 6.26 Å². The number of alkyl halides is 3. The average Bonchev–Trinajstić information content (AvgIpc) is 2.24. The summed E-state index contributed by atoms with van der Waals surface area (Å²) in [6.07, 6.45) is -3.95. The number of rotatable bonds is 4. The van der Waals surface area contributed by atoms with Crippen molar-refractivity contribution in [2.24, 2.45) is 0 Å². The van der Waals surface area contributed by atoms with E-state index in [1.807, 2.05) is 5.32 Å². The molecule has 21 heavy (non-hydrogen) atoms. The van der Waals surface area contributed by atoms with Crippen molar-refractivity contribution in [2.45, 2.75) is 6.18 Å². The molecule has 0 saturated heterocycles. The second-order valence-corrected chi connectivity index (χ2v) is 6.32. The highest BCUT2D eigenvalue weighted by molar-refractivity contribution is 7.91. The number of carbonyl (C=O) groups is 2. The predicted octanol–water partition coefficient (Wildman–Crippen LogP) is 1.39. The van der Waals surface area contributed by atoms with Gasteiger partial charge in [-0.3, -0.25) is 4.79 Å². The standard InChI is InChI=1S/C11H10F3NO5S/c1-21(19,20)5-9(16)15-8-3-2-6(11(12,13)14)4-7(8)10(17)18/h2-4H,5H2,1H3,(H,15,16)(H,17,18). The van der Waals surface area contributed by atoms with Crippen LogP contribution in [0.4, 0.5) is 18.9 Å². The van der Waals surface area contributed by atoms with Crippen LogP contribution in [0.15, 0.2) is 18.2 Å². The van der Waals surface area contributed by atoms with Gasteiger partial charge in [0.25, 0.3) is 0 Å². The highest BCUT2D eigenvalue weighted by atomic mass is 32.2. The van der Waals surface area contributed by atoms with Gasteiger partial charge in [0.15, 0.2) is 9.84 Å². The van der Waals surface area contributed by atoms with Crippen molar-refractivity contribution in [1.29, 1.82) is 0 Å². The molecule has 1 amide bonds. The van der Waals surface area contributed by atoms with Crippen molar-refractivity contribution in [3.8, 4) is 0 Å². The minimum Gasteiger partial charge on any atom is -0.478 e. The molecule has 0 fully saturated rings. The molecule has 6 nitrogen and oxygen atoms in total. The summed E-state index contributed by atoms with van der Waals surface area (Å²) in [5.41, 5.74) is -2.39. The van der Waals surface area contributed by atoms with Gasteiger partial charge in [-0.05, 0) is 18.2 Å². The number of carboxylic acids is 1. The Labute approximate surface area is 117 Å². The van der Waals surface area contributed by atoms with Crippen LogP contribution < -0.4 is 5.32 Å². The van der Waals surface area contributed by atoms with E-state index >= 15 is 0 Å². The third-order valence-corrected chi connectivity index (χ3v) is 3.03. The number of nitrogens with one attached hydrogen (secondary N) is 1. The van der Waals surface area contributed by atoms with E-state index in [-0.39, 0.29) is 0 Å². The average molecular weight is 325 g/mol. The molecule has 0 aliphatic rings. The number of hydrogen-bond acceptors (Lipinski definition) is 4. The van der Waals surface area contributed by atoms with E-state index < -0.39 is 50.5 Å². The second-order valence-electron chi connectivity index (χ2n) is 4.18. The van der Waals surface area contributed by atoms with E-state index in [0.29, 0.717) is 12.1 Å². The van der Waals surface area contributed by atoms with Crippen molar-refractivity contribution in [3.63, 3.8) is 0 Å². The Hall–Kier alpha value is -2.10. The number of aromatic carboxylic acids is 1. The lowest BCUT2D eigenvalue weighted by atomic mass is 10.1. The van der Waals surface area contributed by atoms with Gasteiger partial charge in [-0.1, -0.05) is 0 Å². The number of carbonyl (C=O) groups excluding carboxylic acids is 1. The molecule has 0 bridgehead atoms. The molecule has 0 radical (unpaired) electrons. The first-order valence-corrected chi connectivity index (χ1v) is 7.38. The van der Waals surface area contributed by atoms with Gasteiger partial charge in [0.05, 0.1) is 16.8 Å². The molecular formula is C11H10F3NO5S. The van der Waals surface area contributed by atoms with Gasteiger partial charge in [-0.25, -0.2) is 13.2 Å². The number of hydrogen-bond donors (Lipinski definition) is 2. The number of halogens is 3. The normalized spacial score (nSPS) is 12.0. The SMILES string of the molecule is CS(=O)(=O)CC(=O)Nc1ccc(C(F)(F)F)cc1C(=O)O. The molecule has 10 heteroatoms. The fourth-order valence-corrected chi connectivity index (χ4v) is 1.98. The summed E-state index contributed by atoms with van der Waals surface area (Å²) in [7, 11) is -3.65. The number of benzene rings is 1. The van der Waals surface area contributed by atoms with Crippen molar-refractivity contribution >= 4 is 27.4 Å². The molecule has 0 aliphatic heterocycles. The number of sulfone groups is 1. The molecule has 0 unspecified atom stereocenters. The van der Waals surface area contributed by atoms with Crippen LogP contribution in [0.2, 0.25) is 0 Å². The Morgan fingerprint density at radius 3 is 2.29 bits per heavy atom. The summed E-state index contributed by atoms with van der Waals surface area (Å²) < 4.78 is 59.3. The molecule has 0 aromatic heterocycles. The summed E-state index contributed by atoms with van der Waals surface area (Å²) >= 11 is 0.